The molecule has 0 saturated carbocycles. The van der Waals surface area contributed by atoms with Crippen molar-refractivity contribution in [2.45, 2.75) is 19.4 Å². The predicted molar refractivity (Wildman–Crippen MR) is 54.0 cm³/mol. The Labute approximate surface area is 83.1 Å². The van der Waals surface area contributed by atoms with Crippen LogP contribution in [-0.2, 0) is 4.74 Å². The molecule has 1 aliphatic rings. The second kappa shape index (κ2) is 3.96. The van der Waals surface area contributed by atoms with Gasteiger partial charge in [0.25, 0.3) is 0 Å². The van der Waals surface area contributed by atoms with Gasteiger partial charge in [-0.15, -0.1) is 0 Å². The highest BCUT2D eigenvalue weighted by atomic mass is 19.1. The standard InChI is InChI=1S/C11H14FNO/c1-8-6-9(12)2-3-11(8)13-10-4-5-14-7-10/h2-3,6,10,13H,4-5,7H2,1H3. The summed E-state index contributed by atoms with van der Waals surface area (Å²) < 4.78 is 18.1. The summed E-state index contributed by atoms with van der Waals surface area (Å²) >= 11 is 0. The minimum absolute atomic E-state index is 0.185. The smallest absolute Gasteiger partial charge is 0.123 e. The number of rotatable bonds is 2. The van der Waals surface area contributed by atoms with Crippen LogP contribution in [0, 0.1) is 12.7 Å². The molecule has 1 atom stereocenters. The van der Waals surface area contributed by atoms with Crippen LogP contribution < -0.4 is 5.32 Å². The molecule has 3 heteroatoms. The first kappa shape index (κ1) is 9.46. The SMILES string of the molecule is Cc1cc(F)ccc1NC1CCOC1. The van der Waals surface area contributed by atoms with Gasteiger partial charge in [-0.25, -0.2) is 4.39 Å². The van der Waals surface area contributed by atoms with E-state index in [2.05, 4.69) is 5.32 Å². The highest BCUT2D eigenvalue weighted by Gasteiger charge is 2.15. The van der Waals surface area contributed by atoms with E-state index in [9.17, 15) is 4.39 Å². The van der Waals surface area contributed by atoms with E-state index in [0.717, 1.165) is 30.9 Å². The van der Waals surface area contributed by atoms with E-state index in [-0.39, 0.29) is 5.82 Å². The Morgan fingerprint density at radius 1 is 1.50 bits per heavy atom. The van der Waals surface area contributed by atoms with Crippen LogP contribution in [0.5, 0.6) is 0 Å². The number of anilines is 1. The Morgan fingerprint density at radius 2 is 2.36 bits per heavy atom. The summed E-state index contributed by atoms with van der Waals surface area (Å²) in [6.07, 6.45) is 1.02. The van der Waals surface area contributed by atoms with Crippen LogP contribution in [0.4, 0.5) is 10.1 Å². The Kier molecular flexibility index (Phi) is 2.68. The van der Waals surface area contributed by atoms with E-state index >= 15 is 0 Å². The zero-order valence-corrected chi connectivity index (χ0v) is 8.22. The first-order valence-electron chi connectivity index (χ1n) is 4.86. The van der Waals surface area contributed by atoms with Crippen molar-refractivity contribution < 1.29 is 9.13 Å². The number of hydrogen-bond donors (Lipinski definition) is 1. The minimum atomic E-state index is -0.185. The van der Waals surface area contributed by atoms with E-state index in [0.29, 0.717) is 6.04 Å². The summed E-state index contributed by atoms with van der Waals surface area (Å²) in [5.74, 6) is -0.185. The fourth-order valence-electron chi connectivity index (χ4n) is 1.66. The molecule has 14 heavy (non-hydrogen) atoms. The molecule has 0 amide bonds. The summed E-state index contributed by atoms with van der Waals surface area (Å²) in [6, 6.07) is 5.17. The van der Waals surface area contributed by atoms with Crippen molar-refractivity contribution in [2.24, 2.45) is 0 Å². The maximum Gasteiger partial charge on any atom is 0.123 e. The number of hydrogen-bond acceptors (Lipinski definition) is 2. The lowest BCUT2D eigenvalue weighted by atomic mass is 10.1. The van der Waals surface area contributed by atoms with E-state index < -0.39 is 0 Å². The molecule has 1 aromatic rings. The van der Waals surface area contributed by atoms with Gasteiger partial charge < -0.3 is 10.1 Å². The second-order valence-corrected chi connectivity index (χ2v) is 3.66. The maximum atomic E-state index is 12.8. The van der Waals surface area contributed by atoms with Gasteiger partial charge in [-0.2, -0.15) is 0 Å². The lowest BCUT2D eigenvalue weighted by Crippen LogP contribution is -2.19. The van der Waals surface area contributed by atoms with Crippen LogP contribution >= 0.6 is 0 Å². The minimum Gasteiger partial charge on any atom is -0.380 e. The molecule has 1 N–H and O–H groups in total. The normalized spacial score (nSPS) is 21.1. The molecule has 1 unspecified atom stereocenters. The van der Waals surface area contributed by atoms with Crippen LogP contribution in [0.25, 0.3) is 0 Å². The average Bonchev–Trinajstić information content (AvgIpc) is 2.62. The lowest BCUT2D eigenvalue weighted by Gasteiger charge is -2.14. The predicted octanol–water partition coefficient (Wildman–Crippen LogP) is 2.33. The number of ether oxygens (including phenoxy) is 1. The molecule has 0 aliphatic carbocycles. The summed E-state index contributed by atoms with van der Waals surface area (Å²) in [7, 11) is 0. The third-order valence-corrected chi connectivity index (χ3v) is 2.48. The Hall–Kier alpha value is -1.09. The summed E-state index contributed by atoms with van der Waals surface area (Å²) in [4.78, 5) is 0. The molecule has 1 saturated heterocycles. The summed E-state index contributed by atoms with van der Waals surface area (Å²) in [5, 5.41) is 3.34. The van der Waals surface area contributed by atoms with Gasteiger partial charge in [-0.3, -0.25) is 0 Å². The van der Waals surface area contributed by atoms with Crippen LogP contribution in [0.15, 0.2) is 18.2 Å². The first-order chi connectivity index (χ1) is 6.75. The molecule has 1 aliphatic heterocycles. The number of aryl methyl sites for hydroxylation is 1. The number of halogens is 1. The second-order valence-electron chi connectivity index (χ2n) is 3.66. The average molecular weight is 195 g/mol. The monoisotopic (exact) mass is 195 g/mol. The molecule has 1 fully saturated rings. The van der Waals surface area contributed by atoms with Crippen molar-refractivity contribution in [3.8, 4) is 0 Å². The zero-order valence-electron chi connectivity index (χ0n) is 8.22. The fraction of sp³-hybridized carbons (Fsp3) is 0.455. The van der Waals surface area contributed by atoms with Crippen LogP contribution in [0.2, 0.25) is 0 Å². The maximum absolute atomic E-state index is 12.8. The van der Waals surface area contributed by atoms with Gasteiger partial charge in [0.05, 0.1) is 12.6 Å². The van der Waals surface area contributed by atoms with Crippen molar-refractivity contribution in [3.05, 3.63) is 29.6 Å². The van der Waals surface area contributed by atoms with Crippen molar-refractivity contribution in [2.75, 3.05) is 18.5 Å². The zero-order chi connectivity index (χ0) is 9.97. The summed E-state index contributed by atoms with van der Waals surface area (Å²) in [6.45, 7) is 3.47. The topological polar surface area (TPSA) is 21.3 Å². The van der Waals surface area contributed by atoms with Crippen molar-refractivity contribution >= 4 is 5.69 Å². The van der Waals surface area contributed by atoms with Gasteiger partial charge in [0.2, 0.25) is 0 Å². The van der Waals surface area contributed by atoms with Gasteiger partial charge in [-0.05, 0) is 37.1 Å². The largest absolute Gasteiger partial charge is 0.380 e. The van der Waals surface area contributed by atoms with Gasteiger partial charge in [-0.1, -0.05) is 0 Å². The van der Waals surface area contributed by atoms with Crippen molar-refractivity contribution in [1.29, 1.82) is 0 Å². The van der Waals surface area contributed by atoms with Gasteiger partial charge in [0.15, 0.2) is 0 Å². The molecule has 1 heterocycles. The van der Waals surface area contributed by atoms with Crippen LogP contribution in [0.1, 0.15) is 12.0 Å². The van der Waals surface area contributed by atoms with E-state index in [1.807, 2.05) is 6.92 Å². The van der Waals surface area contributed by atoms with Crippen molar-refractivity contribution in [3.63, 3.8) is 0 Å². The number of benzene rings is 1. The Bertz CT molecular complexity index is 321. The molecule has 0 bridgehead atoms. The molecule has 0 spiro atoms. The molecular weight excluding hydrogens is 181 g/mol. The molecule has 1 aromatic carbocycles. The van der Waals surface area contributed by atoms with E-state index in [4.69, 9.17) is 4.74 Å². The third kappa shape index (κ3) is 2.04. The molecule has 2 rings (SSSR count). The number of nitrogens with one attached hydrogen (secondary N) is 1. The Balaban J connectivity index is 2.08. The molecule has 2 nitrogen and oxygen atoms in total. The Morgan fingerprint density at radius 3 is 3.00 bits per heavy atom. The van der Waals surface area contributed by atoms with E-state index in [1.54, 1.807) is 6.07 Å². The quantitative estimate of drug-likeness (QED) is 0.782. The van der Waals surface area contributed by atoms with Gasteiger partial charge >= 0.3 is 0 Å². The van der Waals surface area contributed by atoms with Crippen LogP contribution in [-0.4, -0.2) is 19.3 Å². The summed E-state index contributed by atoms with van der Waals surface area (Å²) in [5.41, 5.74) is 1.94. The molecule has 0 aromatic heterocycles. The molecule has 0 radical (unpaired) electrons. The molecule has 76 valence electrons. The van der Waals surface area contributed by atoms with E-state index in [1.165, 1.54) is 12.1 Å². The van der Waals surface area contributed by atoms with Gasteiger partial charge in [0.1, 0.15) is 5.82 Å². The van der Waals surface area contributed by atoms with Crippen LogP contribution in [0.3, 0.4) is 0 Å². The van der Waals surface area contributed by atoms with Crippen molar-refractivity contribution in [1.82, 2.24) is 0 Å². The third-order valence-electron chi connectivity index (χ3n) is 2.48. The highest BCUT2D eigenvalue weighted by Crippen LogP contribution is 2.19. The first-order valence-corrected chi connectivity index (χ1v) is 4.86. The lowest BCUT2D eigenvalue weighted by molar-refractivity contribution is 0.195. The fourth-order valence-corrected chi connectivity index (χ4v) is 1.66. The highest BCUT2D eigenvalue weighted by molar-refractivity contribution is 5.51. The molecular formula is C11H14FNO. The van der Waals surface area contributed by atoms with Gasteiger partial charge in [0, 0.05) is 12.3 Å².